The van der Waals surface area contributed by atoms with Gasteiger partial charge in [0.25, 0.3) is 5.97 Å². The minimum Gasteiger partial charge on any atom is -0.352 e. The molecule has 28 heavy (non-hydrogen) atoms. The van der Waals surface area contributed by atoms with E-state index in [0.29, 0.717) is 19.8 Å². The molecule has 0 aliphatic rings. The summed E-state index contributed by atoms with van der Waals surface area (Å²) < 4.78 is 17.1. The third kappa shape index (κ3) is 27.4. The molecule has 6 nitrogen and oxygen atoms in total. The van der Waals surface area contributed by atoms with Crippen LogP contribution < -0.4 is 11.5 Å². The molecule has 0 heterocycles. The molecule has 0 bridgehead atoms. The Morgan fingerprint density at radius 3 is 1.21 bits per heavy atom. The van der Waals surface area contributed by atoms with Gasteiger partial charge in [0.1, 0.15) is 0 Å². The van der Waals surface area contributed by atoms with Gasteiger partial charge in [0.2, 0.25) is 0 Å². The van der Waals surface area contributed by atoms with Crippen LogP contribution >= 0.6 is 0 Å². The molecule has 0 unspecified atom stereocenters. The maximum atomic E-state index is 9.00. The van der Waals surface area contributed by atoms with E-state index in [4.69, 9.17) is 19.0 Å². The van der Waals surface area contributed by atoms with Gasteiger partial charge in [-0.15, -0.1) is 0 Å². The van der Waals surface area contributed by atoms with E-state index < -0.39 is 12.0 Å². The van der Waals surface area contributed by atoms with E-state index in [-0.39, 0.29) is 0 Å². The molecule has 0 aromatic rings. The van der Waals surface area contributed by atoms with Crippen molar-refractivity contribution >= 4 is 6.03 Å². The van der Waals surface area contributed by atoms with Gasteiger partial charge in [0, 0.05) is 26.2 Å². The van der Waals surface area contributed by atoms with Crippen LogP contribution in [-0.4, -0.2) is 31.8 Å². The summed E-state index contributed by atoms with van der Waals surface area (Å²) in [6.07, 6.45) is 13.9. The lowest BCUT2D eigenvalue weighted by atomic mass is 10.1. The van der Waals surface area contributed by atoms with Gasteiger partial charge < -0.3 is 25.7 Å². The highest BCUT2D eigenvalue weighted by molar-refractivity contribution is 5.69. The molecule has 0 radical (unpaired) electrons. The van der Waals surface area contributed by atoms with Gasteiger partial charge in [-0.25, -0.2) is 4.79 Å². The van der Waals surface area contributed by atoms with E-state index in [9.17, 15) is 0 Å². The van der Waals surface area contributed by atoms with Crippen LogP contribution in [0.15, 0.2) is 0 Å². The smallest absolute Gasteiger partial charge is 0.309 e. The summed E-state index contributed by atoms with van der Waals surface area (Å²) in [7, 11) is 0. The Bertz CT molecular complexity index is 279. The summed E-state index contributed by atoms with van der Waals surface area (Å²) >= 11 is 0. The van der Waals surface area contributed by atoms with Crippen LogP contribution in [0.25, 0.3) is 0 Å². The Hall–Kier alpha value is -0.850. The van der Waals surface area contributed by atoms with E-state index in [0.717, 1.165) is 12.8 Å². The van der Waals surface area contributed by atoms with E-state index in [1.165, 1.54) is 57.8 Å². The Balaban J connectivity index is -0.000000575. The number of amides is 2. The fourth-order valence-corrected chi connectivity index (χ4v) is 2.65. The van der Waals surface area contributed by atoms with Gasteiger partial charge in [-0.1, -0.05) is 78.6 Å². The number of hydrogen-bond acceptors (Lipinski definition) is 4. The van der Waals surface area contributed by atoms with Crippen LogP contribution in [0.5, 0.6) is 0 Å². The molecular weight excluding hydrogens is 356 g/mol. The zero-order valence-corrected chi connectivity index (χ0v) is 19.7. The fraction of sp³-hybridized carbons (Fsp3) is 0.955. The lowest BCUT2D eigenvalue weighted by molar-refractivity contribution is -0.380. The molecule has 0 aromatic heterocycles. The number of nitrogens with two attached hydrogens (primary N) is 2. The van der Waals surface area contributed by atoms with Crippen molar-refractivity contribution in [2.24, 2.45) is 11.5 Å². The maximum absolute atomic E-state index is 9.00. The zero-order chi connectivity index (χ0) is 22.1. The lowest BCUT2D eigenvalue weighted by Gasteiger charge is -2.32. The topological polar surface area (TPSA) is 96.8 Å². The largest absolute Gasteiger partial charge is 0.352 e. The lowest BCUT2D eigenvalue weighted by Crippen LogP contribution is -2.39. The van der Waals surface area contributed by atoms with Crippen molar-refractivity contribution in [1.82, 2.24) is 0 Å². The standard InChI is InChI=1S/C16H34O3.C5H12.CH4N2O/c1-5-9-10-11-12-13-14-15-16(17-6-2,18-7-3)19-8-4;1-3-5-4-2;2-1(3)4/h5-15H2,1-4H3;3-5H2,1-2H3;(H4,2,3,4). The summed E-state index contributed by atoms with van der Waals surface area (Å²) in [5, 5.41) is 0. The predicted octanol–water partition coefficient (Wildman–Crippen LogP) is 6.11. The molecule has 6 heteroatoms. The Morgan fingerprint density at radius 2 is 0.929 bits per heavy atom. The molecule has 0 aromatic carbocycles. The number of urea groups is 1. The summed E-state index contributed by atoms with van der Waals surface area (Å²) in [5.41, 5.74) is 8.50. The molecule has 0 spiro atoms. The predicted molar refractivity (Wildman–Crippen MR) is 119 cm³/mol. The minimum atomic E-state index is -0.833. The van der Waals surface area contributed by atoms with E-state index in [2.05, 4.69) is 32.2 Å². The number of carbonyl (C=O) groups is 1. The van der Waals surface area contributed by atoms with Crippen molar-refractivity contribution < 1.29 is 19.0 Å². The highest BCUT2D eigenvalue weighted by Gasteiger charge is 2.31. The first-order valence-electron chi connectivity index (χ1n) is 11.4. The number of carbonyl (C=O) groups excluding carboxylic acids is 1. The van der Waals surface area contributed by atoms with Crippen LogP contribution in [0.2, 0.25) is 0 Å². The van der Waals surface area contributed by atoms with Crippen molar-refractivity contribution in [3.8, 4) is 0 Å². The SMILES string of the molecule is CCCCC.CCCCCCCCCC(OCC)(OCC)OCC.NC(N)=O. The van der Waals surface area contributed by atoms with Crippen LogP contribution in [-0.2, 0) is 14.2 Å². The Morgan fingerprint density at radius 1 is 0.607 bits per heavy atom. The third-order valence-corrected chi connectivity index (χ3v) is 3.89. The molecular formula is C22H50N2O4. The summed E-state index contributed by atoms with van der Waals surface area (Å²) in [4.78, 5) is 9.00. The fourth-order valence-electron chi connectivity index (χ4n) is 2.65. The van der Waals surface area contributed by atoms with Crippen molar-refractivity contribution in [2.75, 3.05) is 19.8 Å². The third-order valence-electron chi connectivity index (χ3n) is 3.89. The van der Waals surface area contributed by atoms with Gasteiger partial charge in [-0.05, 0) is 27.2 Å². The summed E-state index contributed by atoms with van der Waals surface area (Å²) in [5.74, 6) is -0.804. The quantitative estimate of drug-likeness (QED) is 0.239. The first-order valence-corrected chi connectivity index (χ1v) is 11.4. The monoisotopic (exact) mass is 406 g/mol. The molecule has 4 N–H and O–H groups in total. The first kappa shape index (κ1) is 31.8. The van der Waals surface area contributed by atoms with E-state index >= 15 is 0 Å². The average Bonchev–Trinajstić information content (AvgIpc) is 2.62. The van der Waals surface area contributed by atoms with Crippen LogP contribution in [0, 0.1) is 0 Å². The van der Waals surface area contributed by atoms with Crippen molar-refractivity contribution in [2.45, 2.75) is 118 Å². The zero-order valence-electron chi connectivity index (χ0n) is 19.7. The van der Waals surface area contributed by atoms with Crippen LogP contribution in [0.3, 0.4) is 0 Å². The molecule has 0 aliphatic carbocycles. The van der Waals surface area contributed by atoms with Crippen LogP contribution in [0.4, 0.5) is 4.79 Å². The second-order valence-electron chi connectivity index (χ2n) is 6.61. The van der Waals surface area contributed by atoms with Gasteiger partial charge in [-0.2, -0.15) is 0 Å². The second-order valence-corrected chi connectivity index (χ2v) is 6.61. The molecule has 0 fully saturated rings. The normalized spacial score (nSPS) is 10.5. The van der Waals surface area contributed by atoms with Gasteiger partial charge >= 0.3 is 6.03 Å². The number of unbranched alkanes of at least 4 members (excludes halogenated alkanes) is 8. The Labute approximate surface area is 175 Å². The van der Waals surface area contributed by atoms with Gasteiger partial charge in [0.05, 0.1) is 0 Å². The second kappa shape index (κ2) is 26.1. The summed E-state index contributed by atoms with van der Waals surface area (Å²) in [6.45, 7) is 14.5. The Kier molecular flexibility index (Phi) is 29.7. The molecule has 0 saturated heterocycles. The average molecular weight is 407 g/mol. The van der Waals surface area contributed by atoms with E-state index in [1.54, 1.807) is 0 Å². The van der Waals surface area contributed by atoms with Crippen molar-refractivity contribution in [3.63, 3.8) is 0 Å². The van der Waals surface area contributed by atoms with Crippen molar-refractivity contribution in [3.05, 3.63) is 0 Å². The molecule has 2 amide bonds. The highest BCUT2D eigenvalue weighted by Crippen LogP contribution is 2.24. The summed E-state index contributed by atoms with van der Waals surface area (Å²) in [6, 6.07) is -0.833. The number of ether oxygens (including phenoxy) is 3. The van der Waals surface area contributed by atoms with E-state index in [1.807, 2.05) is 20.8 Å². The minimum absolute atomic E-state index is 0.622. The number of rotatable bonds is 16. The van der Waals surface area contributed by atoms with Crippen molar-refractivity contribution in [1.29, 1.82) is 0 Å². The molecule has 0 atom stereocenters. The van der Waals surface area contributed by atoms with Gasteiger partial charge in [0.15, 0.2) is 0 Å². The molecule has 0 rings (SSSR count). The number of hydrogen-bond donors (Lipinski definition) is 2. The van der Waals surface area contributed by atoms with Gasteiger partial charge in [-0.3, -0.25) is 0 Å². The number of primary amides is 2. The molecule has 172 valence electrons. The first-order chi connectivity index (χ1) is 13.4. The highest BCUT2D eigenvalue weighted by atomic mass is 16.9. The molecule has 0 saturated carbocycles. The molecule has 0 aliphatic heterocycles. The maximum Gasteiger partial charge on any atom is 0.309 e. The van der Waals surface area contributed by atoms with Crippen LogP contribution in [0.1, 0.15) is 112 Å².